The number of para-hydroxylation sites is 2. The summed E-state index contributed by atoms with van der Waals surface area (Å²) in [6.45, 7) is 0.377. The highest BCUT2D eigenvalue weighted by molar-refractivity contribution is 5.98. The minimum atomic E-state index is -0.271. The van der Waals surface area contributed by atoms with Crippen molar-refractivity contribution in [3.8, 4) is 5.75 Å². The zero-order chi connectivity index (χ0) is 16.9. The first-order chi connectivity index (χ1) is 11.7. The summed E-state index contributed by atoms with van der Waals surface area (Å²) in [4.78, 5) is 14.0. The summed E-state index contributed by atoms with van der Waals surface area (Å²) in [6.07, 6.45) is 0. The van der Waals surface area contributed by atoms with Crippen molar-refractivity contribution in [3.63, 3.8) is 0 Å². The molecule has 0 aliphatic heterocycles. The molecule has 0 fully saturated rings. The van der Waals surface area contributed by atoms with Crippen molar-refractivity contribution in [1.29, 1.82) is 0 Å². The Bertz CT molecular complexity index is 826. The summed E-state index contributed by atoms with van der Waals surface area (Å²) in [6, 6.07) is 16.9. The fourth-order valence-corrected chi connectivity index (χ4v) is 2.51. The molecule has 1 heterocycles. The molecule has 0 spiro atoms. The van der Waals surface area contributed by atoms with E-state index >= 15 is 0 Å². The molecule has 0 atom stereocenters. The van der Waals surface area contributed by atoms with Gasteiger partial charge < -0.3 is 19.2 Å². The monoisotopic (exact) mass is 325 g/mol. The van der Waals surface area contributed by atoms with E-state index in [0.29, 0.717) is 11.1 Å². The molecule has 0 bridgehead atoms. The second-order valence-corrected chi connectivity index (χ2v) is 5.46. The van der Waals surface area contributed by atoms with E-state index in [1.54, 1.807) is 7.05 Å². The first kappa shape index (κ1) is 16.1. The lowest BCUT2D eigenvalue weighted by Crippen LogP contribution is -2.29. The molecule has 5 nitrogen and oxygen atoms in total. The second kappa shape index (κ2) is 7.19. The van der Waals surface area contributed by atoms with Gasteiger partial charge in [0.1, 0.15) is 17.9 Å². The van der Waals surface area contributed by atoms with Gasteiger partial charge in [-0.3, -0.25) is 4.79 Å². The van der Waals surface area contributed by atoms with Gasteiger partial charge in [-0.15, -0.1) is 0 Å². The van der Waals surface area contributed by atoms with E-state index in [1.165, 1.54) is 4.90 Å². The van der Waals surface area contributed by atoms with Crippen LogP contribution in [0.4, 0.5) is 0 Å². The van der Waals surface area contributed by atoms with E-state index in [4.69, 9.17) is 14.3 Å². The summed E-state index contributed by atoms with van der Waals surface area (Å²) < 4.78 is 11.6. The van der Waals surface area contributed by atoms with E-state index in [9.17, 15) is 4.79 Å². The van der Waals surface area contributed by atoms with Gasteiger partial charge in [-0.25, -0.2) is 0 Å². The molecule has 24 heavy (non-hydrogen) atoms. The number of furan rings is 1. The van der Waals surface area contributed by atoms with Gasteiger partial charge in [-0.05, 0) is 18.2 Å². The molecule has 0 radical (unpaired) electrons. The molecule has 2 aromatic carbocycles. The summed E-state index contributed by atoms with van der Waals surface area (Å²) in [7, 11) is 1.63. The number of carbonyl (C=O) groups excluding carboxylic acids is 1. The third kappa shape index (κ3) is 3.26. The zero-order valence-electron chi connectivity index (χ0n) is 13.4. The van der Waals surface area contributed by atoms with Crippen LogP contribution in [0.2, 0.25) is 0 Å². The highest BCUT2D eigenvalue weighted by Crippen LogP contribution is 2.28. The number of carbonyl (C=O) groups is 1. The molecule has 3 rings (SSSR count). The maximum atomic E-state index is 12.6. The van der Waals surface area contributed by atoms with Crippen molar-refractivity contribution in [3.05, 3.63) is 65.9 Å². The topological polar surface area (TPSA) is 62.9 Å². The standard InChI is InChI=1S/C19H19NO4/c1-20(11-12-21)19(22)18-16(13-23-14-7-3-2-4-8-14)15-9-5-6-10-17(15)24-18/h2-10,21H,11-13H2,1H3. The molecule has 1 N–H and O–H groups in total. The molecular formula is C19H19NO4. The van der Waals surface area contributed by atoms with Crippen molar-refractivity contribution >= 4 is 16.9 Å². The molecule has 124 valence electrons. The predicted molar refractivity (Wildman–Crippen MR) is 91.0 cm³/mol. The third-order valence-electron chi connectivity index (χ3n) is 3.80. The minimum absolute atomic E-state index is 0.0989. The van der Waals surface area contributed by atoms with Crippen LogP contribution in [-0.2, 0) is 6.61 Å². The van der Waals surface area contributed by atoms with Crippen LogP contribution in [0.15, 0.2) is 59.0 Å². The van der Waals surface area contributed by atoms with E-state index < -0.39 is 0 Å². The van der Waals surface area contributed by atoms with Gasteiger partial charge in [-0.2, -0.15) is 0 Å². The molecule has 5 heteroatoms. The second-order valence-electron chi connectivity index (χ2n) is 5.46. The molecule has 1 aromatic heterocycles. The Morgan fingerprint density at radius 1 is 1.12 bits per heavy atom. The van der Waals surface area contributed by atoms with Crippen molar-refractivity contribution in [2.45, 2.75) is 6.61 Å². The van der Waals surface area contributed by atoms with Crippen LogP contribution in [0, 0.1) is 0 Å². The number of nitrogens with zero attached hydrogens (tertiary/aromatic N) is 1. The molecular weight excluding hydrogens is 306 g/mol. The van der Waals surface area contributed by atoms with Gasteiger partial charge in [0.25, 0.3) is 5.91 Å². The average molecular weight is 325 g/mol. The lowest BCUT2D eigenvalue weighted by molar-refractivity contribution is 0.0734. The number of aliphatic hydroxyl groups is 1. The zero-order valence-corrected chi connectivity index (χ0v) is 13.4. The fraction of sp³-hybridized carbons (Fsp3) is 0.211. The van der Waals surface area contributed by atoms with Crippen LogP contribution in [0.1, 0.15) is 16.1 Å². The van der Waals surface area contributed by atoms with Gasteiger partial charge in [-0.1, -0.05) is 36.4 Å². The first-order valence-electron chi connectivity index (χ1n) is 7.75. The van der Waals surface area contributed by atoms with Crippen LogP contribution in [0.3, 0.4) is 0 Å². The van der Waals surface area contributed by atoms with E-state index in [0.717, 1.165) is 11.1 Å². The average Bonchev–Trinajstić information content (AvgIpc) is 2.99. The highest BCUT2D eigenvalue weighted by atomic mass is 16.5. The molecule has 1 amide bonds. The fourth-order valence-electron chi connectivity index (χ4n) is 2.51. The maximum Gasteiger partial charge on any atom is 0.289 e. The van der Waals surface area contributed by atoms with Crippen molar-refractivity contribution in [2.75, 3.05) is 20.2 Å². The predicted octanol–water partition coefficient (Wildman–Crippen LogP) is 3.08. The number of fused-ring (bicyclic) bond motifs is 1. The molecule has 0 aliphatic rings. The van der Waals surface area contributed by atoms with Crippen molar-refractivity contribution < 1.29 is 19.1 Å². The van der Waals surface area contributed by atoms with Gasteiger partial charge in [0.05, 0.1) is 6.61 Å². The molecule has 0 unspecified atom stereocenters. The Balaban J connectivity index is 1.94. The Morgan fingerprint density at radius 2 is 1.83 bits per heavy atom. The number of hydrogen-bond acceptors (Lipinski definition) is 4. The first-order valence-corrected chi connectivity index (χ1v) is 7.75. The summed E-state index contributed by atoms with van der Waals surface area (Å²) in [5, 5.41) is 9.90. The smallest absolute Gasteiger partial charge is 0.289 e. The Labute approximate surface area is 140 Å². The molecule has 0 aliphatic carbocycles. The number of amides is 1. The number of rotatable bonds is 6. The van der Waals surface area contributed by atoms with Crippen molar-refractivity contribution in [2.24, 2.45) is 0 Å². The summed E-state index contributed by atoms with van der Waals surface area (Å²) in [5.41, 5.74) is 1.36. The van der Waals surface area contributed by atoms with E-state index in [1.807, 2.05) is 54.6 Å². The summed E-state index contributed by atoms with van der Waals surface area (Å²) in [5.74, 6) is 0.708. The van der Waals surface area contributed by atoms with Gasteiger partial charge in [0.15, 0.2) is 5.76 Å². The van der Waals surface area contributed by atoms with Gasteiger partial charge in [0.2, 0.25) is 0 Å². The number of aliphatic hydroxyl groups excluding tert-OH is 1. The molecule has 0 saturated heterocycles. The Kier molecular flexibility index (Phi) is 4.82. The number of hydrogen-bond donors (Lipinski definition) is 1. The SMILES string of the molecule is CN(CCO)C(=O)c1oc2ccccc2c1COc1ccccc1. The number of likely N-dealkylation sites (N-methyl/N-ethyl adjacent to an activating group) is 1. The maximum absolute atomic E-state index is 12.6. The van der Waals surface area contributed by atoms with Crippen LogP contribution in [0.25, 0.3) is 11.0 Å². The summed E-state index contributed by atoms with van der Waals surface area (Å²) >= 11 is 0. The van der Waals surface area contributed by atoms with E-state index in [-0.39, 0.29) is 31.4 Å². The Morgan fingerprint density at radius 3 is 2.58 bits per heavy atom. The molecule has 3 aromatic rings. The van der Waals surface area contributed by atoms with Crippen LogP contribution in [-0.4, -0.2) is 36.1 Å². The van der Waals surface area contributed by atoms with Gasteiger partial charge >= 0.3 is 0 Å². The van der Waals surface area contributed by atoms with Gasteiger partial charge in [0, 0.05) is 24.5 Å². The lowest BCUT2D eigenvalue weighted by atomic mass is 10.1. The number of ether oxygens (including phenoxy) is 1. The molecule has 0 saturated carbocycles. The number of benzene rings is 2. The quantitative estimate of drug-likeness (QED) is 0.756. The highest BCUT2D eigenvalue weighted by Gasteiger charge is 2.23. The van der Waals surface area contributed by atoms with Crippen LogP contribution in [0.5, 0.6) is 5.75 Å². The largest absolute Gasteiger partial charge is 0.489 e. The van der Waals surface area contributed by atoms with Crippen LogP contribution < -0.4 is 4.74 Å². The third-order valence-corrected chi connectivity index (χ3v) is 3.80. The lowest BCUT2D eigenvalue weighted by Gasteiger charge is -2.15. The minimum Gasteiger partial charge on any atom is -0.489 e. The normalized spacial score (nSPS) is 10.8. The van der Waals surface area contributed by atoms with Crippen LogP contribution >= 0.6 is 0 Å². The Hall–Kier alpha value is -2.79. The van der Waals surface area contributed by atoms with Crippen molar-refractivity contribution in [1.82, 2.24) is 4.90 Å². The van der Waals surface area contributed by atoms with E-state index in [2.05, 4.69) is 0 Å².